The maximum absolute atomic E-state index is 12.1. The van der Waals surface area contributed by atoms with Gasteiger partial charge in [0.05, 0.1) is 23.2 Å². The summed E-state index contributed by atoms with van der Waals surface area (Å²) in [7, 11) is 0. The van der Waals surface area contributed by atoms with Gasteiger partial charge >= 0.3 is 5.97 Å². The van der Waals surface area contributed by atoms with Crippen molar-refractivity contribution < 1.29 is 19.4 Å². The number of halogens is 2. The van der Waals surface area contributed by atoms with E-state index in [1.165, 1.54) is 6.92 Å². The minimum absolute atomic E-state index is 0.0225. The standard InChI is InChI=1S/C25H26Cl2N2O4/c1-15(30)29-13-18-12-19(23(25(31)32)21(14-29)28-18)17-9-7-16(8-10-17)4-3-11-33-22-6-2-5-20(26)24(22)27/h2,5-10,18,21,28H,3-4,11-14H2,1H3,(H,31,32)/t18?,21-/m1/s1. The SMILES string of the molecule is CC(=O)N1CC2CC(c3ccc(CCCOc4cccc(Cl)c4Cl)cc3)=C(C(=O)O)[C@@H](C1)N2. The maximum Gasteiger partial charge on any atom is 0.333 e. The Balaban J connectivity index is 1.41. The predicted molar refractivity (Wildman–Crippen MR) is 129 cm³/mol. The molecule has 0 saturated carbocycles. The number of carbonyl (C=O) groups is 2. The van der Waals surface area contributed by atoms with Crippen LogP contribution in [0.3, 0.4) is 0 Å². The number of hydrogen-bond acceptors (Lipinski definition) is 4. The molecule has 0 spiro atoms. The molecule has 6 nitrogen and oxygen atoms in total. The van der Waals surface area contributed by atoms with E-state index < -0.39 is 5.97 Å². The number of carboxylic acids is 1. The molecule has 8 heteroatoms. The highest BCUT2D eigenvalue weighted by molar-refractivity contribution is 6.42. The number of carboxylic acid groups (broad SMARTS) is 1. The van der Waals surface area contributed by atoms with Crippen LogP contribution in [-0.2, 0) is 16.0 Å². The van der Waals surface area contributed by atoms with Crippen LogP contribution in [0.15, 0.2) is 48.0 Å². The third-order valence-electron chi connectivity index (χ3n) is 6.17. The Morgan fingerprint density at radius 1 is 1.15 bits per heavy atom. The number of amides is 1. The molecule has 0 aromatic heterocycles. The van der Waals surface area contributed by atoms with Crippen molar-refractivity contribution in [2.45, 2.75) is 38.3 Å². The van der Waals surface area contributed by atoms with E-state index in [-0.39, 0.29) is 18.0 Å². The lowest BCUT2D eigenvalue weighted by Crippen LogP contribution is -2.61. The summed E-state index contributed by atoms with van der Waals surface area (Å²) in [4.78, 5) is 25.6. The van der Waals surface area contributed by atoms with Crippen molar-refractivity contribution in [2.24, 2.45) is 0 Å². The molecule has 0 aliphatic carbocycles. The molecule has 4 rings (SSSR count). The largest absolute Gasteiger partial charge is 0.492 e. The van der Waals surface area contributed by atoms with Gasteiger partial charge < -0.3 is 20.1 Å². The van der Waals surface area contributed by atoms with Gasteiger partial charge in [-0.3, -0.25) is 4.79 Å². The van der Waals surface area contributed by atoms with Crippen molar-refractivity contribution in [3.05, 3.63) is 69.2 Å². The first-order valence-electron chi connectivity index (χ1n) is 11.0. The van der Waals surface area contributed by atoms with E-state index in [0.29, 0.717) is 47.5 Å². The average molecular weight is 489 g/mol. The van der Waals surface area contributed by atoms with E-state index in [2.05, 4.69) is 5.32 Å². The first-order chi connectivity index (χ1) is 15.8. The lowest BCUT2D eigenvalue weighted by molar-refractivity contribution is -0.135. The molecule has 1 fully saturated rings. The fourth-order valence-electron chi connectivity index (χ4n) is 4.55. The molecule has 2 bridgehead atoms. The monoisotopic (exact) mass is 488 g/mol. The smallest absolute Gasteiger partial charge is 0.333 e. The molecule has 2 N–H and O–H groups in total. The fourth-order valence-corrected chi connectivity index (χ4v) is 4.90. The zero-order valence-corrected chi connectivity index (χ0v) is 19.8. The van der Waals surface area contributed by atoms with Crippen LogP contribution in [0.2, 0.25) is 10.0 Å². The second-order valence-electron chi connectivity index (χ2n) is 8.44. The number of rotatable bonds is 7. The number of aryl methyl sites for hydroxylation is 1. The minimum atomic E-state index is -0.938. The van der Waals surface area contributed by atoms with Gasteiger partial charge in [0.2, 0.25) is 5.91 Å². The van der Waals surface area contributed by atoms with Gasteiger partial charge in [0.15, 0.2) is 0 Å². The van der Waals surface area contributed by atoms with Crippen molar-refractivity contribution in [2.75, 3.05) is 19.7 Å². The molecule has 1 unspecified atom stereocenters. The highest BCUT2D eigenvalue weighted by Crippen LogP contribution is 2.34. The normalized spacial score (nSPS) is 20.0. The Morgan fingerprint density at radius 3 is 2.61 bits per heavy atom. The number of fused-ring (bicyclic) bond motifs is 2. The number of nitrogens with one attached hydrogen (secondary N) is 1. The molecule has 2 heterocycles. The zero-order chi connectivity index (χ0) is 23.5. The number of piperazine rings is 1. The molecule has 2 aliphatic heterocycles. The lowest BCUT2D eigenvalue weighted by atomic mass is 9.83. The van der Waals surface area contributed by atoms with Gasteiger partial charge in [0.25, 0.3) is 0 Å². The van der Waals surface area contributed by atoms with Crippen LogP contribution in [0, 0.1) is 0 Å². The molecular weight excluding hydrogens is 463 g/mol. The quantitative estimate of drug-likeness (QED) is 0.563. The van der Waals surface area contributed by atoms with Gasteiger partial charge in [-0.1, -0.05) is 53.5 Å². The Labute approximate surface area is 203 Å². The minimum Gasteiger partial charge on any atom is -0.492 e. The van der Waals surface area contributed by atoms with Gasteiger partial charge in [-0.25, -0.2) is 4.79 Å². The van der Waals surface area contributed by atoms with Crippen LogP contribution in [0.5, 0.6) is 5.75 Å². The maximum atomic E-state index is 12.1. The van der Waals surface area contributed by atoms with Crippen molar-refractivity contribution in [3.8, 4) is 5.75 Å². The highest BCUT2D eigenvalue weighted by Gasteiger charge is 2.38. The van der Waals surface area contributed by atoms with Crippen LogP contribution in [0.25, 0.3) is 5.57 Å². The molecule has 0 radical (unpaired) electrons. The molecule has 2 atom stereocenters. The number of benzene rings is 2. The summed E-state index contributed by atoms with van der Waals surface area (Å²) in [6.07, 6.45) is 2.21. The number of hydrogen-bond donors (Lipinski definition) is 2. The Kier molecular flexibility index (Phi) is 7.27. The third kappa shape index (κ3) is 5.35. The summed E-state index contributed by atoms with van der Waals surface area (Å²) in [6, 6.07) is 13.1. The Morgan fingerprint density at radius 2 is 1.91 bits per heavy atom. The average Bonchev–Trinajstić information content (AvgIpc) is 2.78. The summed E-state index contributed by atoms with van der Waals surface area (Å²) >= 11 is 12.2. The molecular formula is C25H26Cl2N2O4. The molecule has 2 aromatic rings. The summed E-state index contributed by atoms with van der Waals surface area (Å²) in [6.45, 7) is 3.01. The molecule has 1 amide bonds. The molecule has 2 aromatic carbocycles. The summed E-state index contributed by atoms with van der Waals surface area (Å²) < 4.78 is 5.74. The van der Waals surface area contributed by atoms with Crippen molar-refractivity contribution in [3.63, 3.8) is 0 Å². The topological polar surface area (TPSA) is 78.9 Å². The molecule has 2 aliphatic rings. The van der Waals surface area contributed by atoms with E-state index in [4.69, 9.17) is 27.9 Å². The van der Waals surface area contributed by atoms with Gasteiger partial charge in [-0.2, -0.15) is 0 Å². The van der Waals surface area contributed by atoms with E-state index in [1.807, 2.05) is 24.3 Å². The molecule has 33 heavy (non-hydrogen) atoms. The van der Waals surface area contributed by atoms with Gasteiger partial charge in [0.1, 0.15) is 10.8 Å². The first kappa shape index (κ1) is 23.6. The van der Waals surface area contributed by atoms with Gasteiger partial charge in [-0.15, -0.1) is 0 Å². The van der Waals surface area contributed by atoms with Crippen LogP contribution >= 0.6 is 23.2 Å². The van der Waals surface area contributed by atoms with E-state index in [9.17, 15) is 14.7 Å². The van der Waals surface area contributed by atoms with Crippen LogP contribution in [-0.4, -0.2) is 53.7 Å². The molecule has 1 saturated heterocycles. The summed E-state index contributed by atoms with van der Waals surface area (Å²) in [5.41, 5.74) is 3.28. The van der Waals surface area contributed by atoms with Crippen LogP contribution in [0.1, 0.15) is 30.9 Å². The number of carbonyl (C=O) groups excluding carboxylic acids is 1. The third-order valence-corrected chi connectivity index (χ3v) is 6.97. The Hall–Kier alpha value is -2.54. The number of nitrogens with zero attached hydrogens (tertiary/aromatic N) is 1. The van der Waals surface area contributed by atoms with Crippen molar-refractivity contribution >= 4 is 40.7 Å². The van der Waals surface area contributed by atoms with Crippen molar-refractivity contribution in [1.82, 2.24) is 10.2 Å². The van der Waals surface area contributed by atoms with E-state index in [0.717, 1.165) is 29.5 Å². The van der Waals surface area contributed by atoms with Crippen LogP contribution in [0.4, 0.5) is 0 Å². The molecule has 174 valence electrons. The van der Waals surface area contributed by atoms with E-state index >= 15 is 0 Å². The first-order valence-corrected chi connectivity index (χ1v) is 11.7. The zero-order valence-electron chi connectivity index (χ0n) is 18.3. The number of aliphatic carboxylic acids is 1. The van der Waals surface area contributed by atoms with Gasteiger partial charge in [0, 0.05) is 26.1 Å². The summed E-state index contributed by atoms with van der Waals surface area (Å²) in [5, 5.41) is 14.2. The van der Waals surface area contributed by atoms with Crippen molar-refractivity contribution in [1.29, 1.82) is 0 Å². The number of ether oxygens (including phenoxy) is 1. The lowest BCUT2D eigenvalue weighted by Gasteiger charge is -2.43. The van der Waals surface area contributed by atoms with E-state index in [1.54, 1.807) is 23.1 Å². The summed E-state index contributed by atoms with van der Waals surface area (Å²) in [5.74, 6) is -0.384. The van der Waals surface area contributed by atoms with Gasteiger partial charge in [-0.05, 0) is 48.1 Å². The highest BCUT2D eigenvalue weighted by atomic mass is 35.5. The van der Waals surface area contributed by atoms with Crippen LogP contribution < -0.4 is 10.1 Å². The second-order valence-corrected chi connectivity index (χ2v) is 9.23. The second kappa shape index (κ2) is 10.2. The Bertz CT molecular complexity index is 1080. The predicted octanol–water partition coefficient (Wildman–Crippen LogP) is 4.44. The fraction of sp³-hybridized carbons (Fsp3) is 0.360.